The van der Waals surface area contributed by atoms with Gasteiger partial charge in [0, 0.05) is 60.1 Å². The van der Waals surface area contributed by atoms with Crippen molar-refractivity contribution in [2.45, 2.75) is 52.4 Å². The van der Waals surface area contributed by atoms with E-state index in [1.807, 2.05) is 26.2 Å². The SMILES string of the molecule is Cc1noc(C)c1-c1cnc2c(-c3cnn(C(C)F)c3)cn(C(CC#N)C3CCOCC3)c2c1. The number of nitrogens with zero attached hydrogens (tertiary/aromatic N) is 6. The zero-order valence-corrected chi connectivity index (χ0v) is 19.5. The van der Waals surface area contributed by atoms with Gasteiger partial charge in [-0.05, 0) is 45.6 Å². The zero-order valence-electron chi connectivity index (χ0n) is 19.5. The molecule has 2 atom stereocenters. The van der Waals surface area contributed by atoms with Gasteiger partial charge in [0.2, 0.25) is 0 Å². The van der Waals surface area contributed by atoms with Crippen LogP contribution >= 0.6 is 0 Å². The number of aromatic nitrogens is 5. The van der Waals surface area contributed by atoms with Gasteiger partial charge in [-0.3, -0.25) is 4.98 Å². The first-order valence-electron chi connectivity index (χ1n) is 11.5. The third-order valence-corrected chi connectivity index (χ3v) is 6.74. The van der Waals surface area contributed by atoms with E-state index in [0.717, 1.165) is 57.6 Å². The first kappa shape index (κ1) is 22.3. The number of hydrogen-bond donors (Lipinski definition) is 0. The summed E-state index contributed by atoms with van der Waals surface area (Å²) in [6.07, 6.45) is 8.16. The number of ether oxygens (including phenoxy) is 1. The molecule has 1 aliphatic heterocycles. The van der Waals surface area contributed by atoms with Gasteiger partial charge >= 0.3 is 0 Å². The molecule has 4 aromatic heterocycles. The van der Waals surface area contributed by atoms with Crippen molar-refractivity contribution in [2.24, 2.45) is 5.92 Å². The van der Waals surface area contributed by atoms with Crippen molar-refractivity contribution in [1.82, 2.24) is 24.5 Å². The van der Waals surface area contributed by atoms with Gasteiger partial charge in [0.15, 0.2) is 6.30 Å². The second-order valence-corrected chi connectivity index (χ2v) is 8.90. The highest BCUT2D eigenvalue weighted by Gasteiger charge is 2.28. The molecule has 0 N–H and O–H groups in total. The number of hydrogen-bond acceptors (Lipinski definition) is 6. The number of aryl methyl sites for hydroxylation is 2. The quantitative estimate of drug-likeness (QED) is 0.373. The third-order valence-electron chi connectivity index (χ3n) is 6.74. The zero-order chi connectivity index (χ0) is 23.8. The number of alkyl halides is 1. The largest absolute Gasteiger partial charge is 0.381 e. The van der Waals surface area contributed by atoms with E-state index in [0.29, 0.717) is 25.6 Å². The van der Waals surface area contributed by atoms with Crippen molar-refractivity contribution >= 4 is 11.0 Å². The Morgan fingerprint density at radius 2 is 2.00 bits per heavy atom. The average molecular weight is 463 g/mol. The summed E-state index contributed by atoms with van der Waals surface area (Å²) >= 11 is 0. The number of pyridine rings is 1. The third kappa shape index (κ3) is 3.88. The minimum Gasteiger partial charge on any atom is -0.381 e. The molecule has 5 heterocycles. The van der Waals surface area contributed by atoms with Crippen molar-refractivity contribution in [3.63, 3.8) is 0 Å². The molecule has 0 saturated carbocycles. The van der Waals surface area contributed by atoms with Crippen LogP contribution in [-0.2, 0) is 4.74 Å². The average Bonchev–Trinajstić information content (AvgIpc) is 3.55. The summed E-state index contributed by atoms with van der Waals surface area (Å²) < 4.78 is 28.3. The minimum absolute atomic E-state index is 0.0259. The van der Waals surface area contributed by atoms with Crippen LogP contribution in [0.1, 0.15) is 50.0 Å². The first-order valence-corrected chi connectivity index (χ1v) is 11.5. The molecule has 1 aliphatic rings. The van der Waals surface area contributed by atoms with Crippen LogP contribution in [0.3, 0.4) is 0 Å². The summed E-state index contributed by atoms with van der Waals surface area (Å²) in [7, 11) is 0. The molecule has 1 fully saturated rings. The fourth-order valence-corrected chi connectivity index (χ4v) is 5.00. The van der Waals surface area contributed by atoms with Crippen molar-refractivity contribution in [2.75, 3.05) is 13.2 Å². The predicted octanol–water partition coefficient (Wildman–Crippen LogP) is 5.54. The molecular formula is C25H27FN6O2. The van der Waals surface area contributed by atoms with Gasteiger partial charge in [0.25, 0.3) is 0 Å². The van der Waals surface area contributed by atoms with E-state index in [1.165, 1.54) is 11.6 Å². The molecule has 0 radical (unpaired) electrons. The molecule has 176 valence electrons. The van der Waals surface area contributed by atoms with Crippen LogP contribution in [0.2, 0.25) is 0 Å². The Morgan fingerprint density at radius 1 is 1.21 bits per heavy atom. The minimum atomic E-state index is -1.23. The van der Waals surface area contributed by atoms with E-state index >= 15 is 0 Å². The lowest BCUT2D eigenvalue weighted by Gasteiger charge is -2.30. The highest BCUT2D eigenvalue weighted by molar-refractivity contribution is 5.95. The summed E-state index contributed by atoms with van der Waals surface area (Å²) in [5.41, 5.74) is 5.98. The Balaban J connectivity index is 1.71. The Hall–Kier alpha value is -3.51. The van der Waals surface area contributed by atoms with Gasteiger partial charge in [-0.2, -0.15) is 10.4 Å². The number of nitriles is 1. The lowest BCUT2D eigenvalue weighted by atomic mass is 9.89. The molecule has 0 bridgehead atoms. The highest BCUT2D eigenvalue weighted by Crippen LogP contribution is 2.39. The Morgan fingerprint density at radius 3 is 2.65 bits per heavy atom. The maximum atomic E-state index is 13.9. The lowest BCUT2D eigenvalue weighted by Crippen LogP contribution is -2.25. The van der Waals surface area contributed by atoms with E-state index in [1.54, 1.807) is 12.4 Å². The second kappa shape index (κ2) is 9.03. The smallest absolute Gasteiger partial charge is 0.188 e. The van der Waals surface area contributed by atoms with Crippen molar-refractivity contribution < 1.29 is 13.7 Å². The molecule has 0 aromatic carbocycles. The lowest BCUT2D eigenvalue weighted by molar-refractivity contribution is 0.0499. The van der Waals surface area contributed by atoms with E-state index in [2.05, 4.69) is 27.0 Å². The molecule has 0 amide bonds. The van der Waals surface area contributed by atoms with Gasteiger partial charge in [0.05, 0.1) is 35.4 Å². The fraction of sp³-hybridized carbons (Fsp3) is 0.440. The molecule has 4 aromatic rings. The molecule has 9 heteroatoms. The van der Waals surface area contributed by atoms with Crippen LogP contribution in [-0.4, -0.2) is 37.7 Å². The number of fused-ring (bicyclic) bond motifs is 1. The van der Waals surface area contributed by atoms with Gasteiger partial charge < -0.3 is 13.8 Å². The molecule has 8 nitrogen and oxygen atoms in total. The van der Waals surface area contributed by atoms with Gasteiger partial charge in [-0.15, -0.1) is 0 Å². The normalized spacial score (nSPS) is 16.6. The summed E-state index contributed by atoms with van der Waals surface area (Å²) in [5, 5.41) is 17.9. The number of rotatable bonds is 6. The monoisotopic (exact) mass is 462 g/mol. The van der Waals surface area contributed by atoms with E-state index in [9.17, 15) is 9.65 Å². The van der Waals surface area contributed by atoms with Crippen molar-refractivity contribution in [1.29, 1.82) is 5.26 Å². The summed E-state index contributed by atoms with van der Waals surface area (Å²) in [6.45, 7) is 6.64. The second-order valence-electron chi connectivity index (χ2n) is 8.90. The molecule has 5 rings (SSSR count). The van der Waals surface area contributed by atoms with Crippen LogP contribution in [0.5, 0.6) is 0 Å². The van der Waals surface area contributed by atoms with Crippen LogP contribution in [0.15, 0.2) is 35.4 Å². The Bertz CT molecular complexity index is 1340. The maximum Gasteiger partial charge on any atom is 0.188 e. The summed E-state index contributed by atoms with van der Waals surface area (Å²) in [5.74, 6) is 1.04. The highest BCUT2D eigenvalue weighted by atomic mass is 19.1. The Kier molecular flexibility index (Phi) is 5.92. The van der Waals surface area contributed by atoms with Gasteiger partial charge in [-0.25, -0.2) is 9.07 Å². The van der Waals surface area contributed by atoms with Crippen LogP contribution in [0.25, 0.3) is 33.3 Å². The van der Waals surface area contributed by atoms with E-state index in [4.69, 9.17) is 14.2 Å². The maximum absolute atomic E-state index is 13.9. The van der Waals surface area contributed by atoms with Gasteiger partial charge in [0.1, 0.15) is 5.76 Å². The number of halogens is 1. The summed E-state index contributed by atoms with van der Waals surface area (Å²) in [4.78, 5) is 4.83. The molecule has 2 unspecified atom stereocenters. The topological polar surface area (TPSA) is 94.7 Å². The molecule has 34 heavy (non-hydrogen) atoms. The molecule has 0 aliphatic carbocycles. The van der Waals surface area contributed by atoms with E-state index in [-0.39, 0.29) is 6.04 Å². The Labute approximate surface area is 196 Å². The molecule has 0 spiro atoms. The summed E-state index contributed by atoms with van der Waals surface area (Å²) in [6, 6.07) is 4.45. The van der Waals surface area contributed by atoms with E-state index < -0.39 is 6.30 Å². The van der Waals surface area contributed by atoms with Crippen molar-refractivity contribution in [3.8, 4) is 28.3 Å². The fourth-order valence-electron chi connectivity index (χ4n) is 5.00. The first-order chi connectivity index (χ1) is 16.5. The van der Waals surface area contributed by atoms with Crippen LogP contribution < -0.4 is 0 Å². The van der Waals surface area contributed by atoms with Crippen LogP contribution in [0.4, 0.5) is 4.39 Å². The predicted molar refractivity (Wildman–Crippen MR) is 125 cm³/mol. The van der Waals surface area contributed by atoms with Crippen LogP contribution in [0, 0.1) is 31.1 Å². The molecule has 1 saturated heterocycles. The van der Waals surface area contributed by atoms with Gasteiger partial charge in [-0.1, -0.05) is 5.16 Å². The van der Waals surface area contributed by atoms with Crippen molar-refractivity contribution in [3.05, 3.63) is 42.3 Å². The molecular weight excluding hydrogens is 435 g/mol. The standard InChI is InChI=1S/C25H27FN6O2/c1-15-24(16(2)34-30-15)19-10-23-25(28-11-19)21(20-12-29-32(13-20)17(3)26)14-31(23)22(4-7-27)18-5-8-33-9-6-18/h10-14,17-18,22H,4-6,8-9H2,1-3H3.